The van der Waals surface area contributed by atoms with Crippen molar-refractivity contribution in [2.75, 3.05) is 19.8 Å². The Kier molecular flexibility index (Phi) is 30.3. The molecule has 0 aliphatic carbocycles. The Bertz CT molecular complexity index is 1300. The van der Waals surface area contributed by atoms with E-state index in [9.17, 15) is 45.6 Å². The van der Waals surface area contributed by atoms with Gasteiger partial charge in [0.2, 0.25) is 5.91 Å². The van der Waals surface area contributed by atoms with Gasteiger partial charge < -0.3 is 65.1 Å². The fourth-order valence-electron chi connectivity index (χ4n) is 6.87. The molecule has 0 spiro atoms. The number of unbranched alkanes of at least 4 members (excludes halogenated alkanes) is 9. The minimum Gasteiger partial charge on any atom is -0.394 e. The second kappa shape index (κ2) is 33.9. The molecule has 9 N–H and O–H groups in total. The zero-order chi connectivity index (χ0) is 44.7. The maximum atomic E-state index is 13.1. The number of hydrogen-bond donors (Lipinski definition) is 9. The van der Waals surface area contributed by atoms with E-state index in [0.717, 1.165) is 89.9 Å². The molecule has 14 heteroatoms. The highest BCUT2D eigenvalue weighted by Gasteiger charge is 2.50. The number of carbonyl (C=O) groups excluding carboxylic acids is 1. The molecule has 12 atom stereocenters. The summed E-state index contributed by atoms with van der Waals surface area (Å²) in [5.74, 6) is -0.273. The van der Waals surface area contributed by atoms with Crippen LogP contribution in [0.5, 0.6) is 0 Å². The first-order valence-corrected chi connectivity index (χ1v) is 22.7. The summed E-state index contributed by atoms with van der Waals surface area (Å²) >= 11 is 0. The number of nitrogens with one attached hydrogen (secondary N) is 1. The second-order valence-corrected chi connectivity index (χ2v) is 15.8. The topological polar surface area (TPSA) is 228 Å². The van der Waals surface area contributed by atoms with Crippen LogP contribution in [-0.2, 0) is 23.7 Å². The van der Waals surface area contributed by atoms with E-state index in [1.165, 1.54) is 0 Å². The van der Waals surface area contributed by atoms with Gasteiger partial charge in [0.1, 0.15) is 48.8 Å². The lowest BCUT2D eigenvalue weighted by Crippen LogP contribution is -2.65. The molecule has 350 valence electrons. The fraction of sp³-hybridized carbons (Fsp3) is 0.723. The van der Waals surface area contributed by atoms with E-state index >= 15 is 0 Å². The first-order chi connectivity index (χ1) is 29.6. The molecular weight excluding hydrogens is 787 g/mol. The summed E-state index contributed by atoms with van der Waals surface area (Å²) in [5, 5.41) is 86.2. The molecule has 2 rings (SSSR count). The van der Waals surface area contributed by atoms with Gasteiger partial charge in [-0.2, -0.15) is 0 Å². The highest BCUT2D eigenvalue weighted by atomic mass is 16.7. The summed E-state index contributed by atoms with van der Waals surface area (Å²) in [6.45, 7) is 2.52. The standard InChI is InChI=1S/C47H79NO13/c1-3-5-7-9-11-13-14-15-16-17-18-19-20-21-22-23-25-27-29-31-39(52)48-35(36(51)30-28-26-24-12-10-8-6-4-2)34-58-46-44(57)42(55)45(38(33-50)60-46)61-47-43(56)41(54)40(53)37(32-49)59-47/h5,7,10-13,15-16,18-19,28,30,35-38,40-47,49-51,53-57H,3-4,6,8-9,14,17,20-27,29,31-34H2,1-2H3,(H,48,52)/b7-5-,12-10+,13-11-,16-15-,19-18-,30-28+. The van der Waals surface area contributed by atoms with Crippen molar-refractivity contribution in [2.24, 2.45) is 0 Å². The van der Waals surface area contributed by atoms with Crippen molar-refractivity contribution in [1.82, 2.24) is 5.32 Å². The molecular formula is C47H79NO13. The van der Waals surface area contributed by atoms with Crippen molar-refractivity contribution in [3.8, 4) is 0 Å². The number of ether oxygens (including phenoxy) is 4. The van der Waals surface area contributed by atoms with Gasteiger partial charge in [-0.15, -0.1) is 0 Å². The number of amides is 1. The Morgan fingerprint density at radius 3 is 1.80 bits per heavy atom. The highest BCUT2D eigenvalue weighted by molar-refractivity contribution is 5.76. The van der Waals surface area contributed by atoms with Crippen molar-refractivity contribution in [1.29, 1.82) is 0 Å². The van der Waals surface area contributed by atoms with Crippen molar-refractivity contribution in [2.45, 2.75) is 197 Å². The van der Waals surface area contributed by atoms with Gasteiger partial charge in [0, 0.05) is 6.42 Å². The van der Waals surface area contributed by atoms with Gasteiger partial charge in [-0.25, -0.2) is 0 Å². The molecule has 2 saturated heterocycles. The Morgan fingerprint density at radius 1 is 0.607 bits per heavy atom. The third-order valence-corrected chi connectivity index (χ3v) is 10.6. The van der Waals surface area contributed by atoms with Gasteiger partial charge in [0.05, 0.1) is 32.0 Å². The normalized spacial score (nSPS) is 28.7. The molecule has 2 heterocycles. The molecule has 61 heavy (non-hydrogen) atoms. The summed E-state index contributed by atoms with van der Waals surface area (Å²) in [4.78, 5) is 13.1. The molecule has 14 nitrogen and oxygen atoms in total. The number of carbonyl (C=O) groups is 1. The Hall–Kier alpha value is -2.57. The maximum absolute atomic E-state index is 13.1. The molecule has 1 amide bonds. The zero-order valence-electron chi connectivity index (χ0n) is 36.6. The monoisotopic (exact) mass is 866 g/mol. The van der Waals surface area contributed by atoms with Gasteiger partial charge in [0.15, 0.2) is 12.6 Å². The first-order valence-electron chi connectivity index (χ1n) is 22.7. The molecule has 2 fully saturated rings. The number of allylic oxidation sites excluding steroid dienone is 11. The van der Waals surface area contributed by atoms with Gasteiger partial charge in [-0.1, -0.05) is 125 Å². The average Bonchev–Trinajstić information content (AvgIpc) is 3.26. The van der Waals surface area contributed by atoms with Crippen LogP contribution in [0.4, 0.5) is 0 Å². The van der Waals surface area contributed by atoms with Crippen LogP contribution in [-0.4, -0.2) is 140 Å². The molecule has 0 aromatic rings. The minimum atomic E-state index is -1.79. The molecule has 0 radical (unpaired) electrons. The highest BCUT2D eigenvalue weighted by Crippen LogP contribution is 2.29. The van der Waals surface area contributed by atoms with Gasteiger partial charge >= 0.3 is 0 Å². The van der Waals surface area contributed by atoms with E-state index < -0.39 is 86.8 Å². The van der Waals surface area contributed by atoms with Crippen LogP contribution in [0.3, 0.4) is 0 Å². The predicted octanol–water partition coefficient (Wildman–Crippen LogP) is 4.48. The van der Waals surface area contributed by atoms with Crippen LogP contribution >= 0.6 is 0 Å². The SMILES string of the molecule is CC/C=C\C/C=C\C/C=C\C/C=C\CCCCCCCCC(=O)NC(COC1OC(CO)C(OC2OC(CO)C(O)C(O)C2O)C(O)C1O)C(O)/C=C/CC/C=C/CCCC. The van der Waals surface area contributed by atoms with E-state index in [2.05, 4.69) is 79.9 Å². The van der Waals surface area contributed by atoms with E-state index in [-0.39, 0.29) is 18.9 Å². The number of aliphatic hydroxyl groups is 8. The molecule has 0 aromatic carbocycles. The van der Waals surface area contributed by atoms with E-state index in [1.807, 2.05) is 6.08 Å². The summed E-state index contributed by atoms with van der Waals surface area (Å²) in [5.41, 5.74) is 0. The molecule has 0 bridgehead atoms. The Morgan fingerprint density at radius 2 is 1.15 bits per heavy atom. The van der Waals surface area contributed by atoms with Crippen LogP contribution in [0.15, 0.2) is 72.9 Å². The maximum Gasteiger partial charge on any atom is 0.220 e. The first kappa shape index (κ1) is 54.6. The second-order valence-electron chi connectivity index (χ2n) is 15.8. The summed E-state index contributed by atoms with van der Waals surface area (Å²) in [6, 6.07) is -0.939. The van der Waals surface area contributed by atoms with Crippen LogP contribution in [0.1, 0.15) is 123 Å². The van der Waals surface area contributed by atoms with Gasteiger partial charge in [-0.3, -0.25) is 4.79 Å². The van der Waals surface area contributed by atoms with Crippen LogP contribution < -0.4 is 5.32 Å². The molecule has 2 aliphatic rings. The van der Waals surface area contributed by atoms with Crippen molar-refractivity contribution in [3.05, 3.63) is 72.9 Å². The van der Waals surface area contributed by atoms with Crippen molar-refractivity contribution < 1.29 is 64.6 Å². The summed E-state index contributed by atoms with van der Waals surface area (Å²) in [7, 11) is 0. The lowest BCUT2D eigenvalue weighted by Gasteiger charge is -2.46. The van der Waals surface area contributed by atoms with Crippen molar-refractivity contribution in [3.63, 3.8) is 0 Å². The molecule has 12 unspecified atom stereocenters. The number of aliphatic hydroxyl groups excluding tert-OH is 8. The zero-order valence-corrected chi connectivity index (χ0v) is 36.6. The third kappa shape index (κ3) is 22.1. The van der Waals surface area contributed by atoms with Crippen LogP contribution in [0.2, 0.25) is 0 Å². The third-order valence-electron chi connectivity index (χ3n) is 10.6. The largest absolute Gasteiger partial charge is 0.394 e. The Balaban J connectivity index is 1.85. The molecule has 0 saturated carbocycles. The molecule has 2 aliphatic heterocycles. The fourth-order valence-corrected chi connectivity index (χ4v) is 6.87. The Labute approximate surface area is 364 Å². The van der Waals surface area contributed by atoms with Crippen LogP contribution in [0.25, 0.3) is 0 Å². The smallest absolute Gasteiger partial charge is 0.220 e. The quantitative estimate of drug-likeness (QED) is 0.0336. The van der Waals surface area contributed by atoms with E-state index in [1.54, 1.807) is 6.08 Å². The molecule has 0 aromatic heterocycles. The number of rotatable bonds is 32. The summed E-state index contributed by atoms with van der Waals surface area (Å²) in [6.07, 6.45) is 24.0. The summed E-state index contributed by atoms with van der Waals surface area (Å²) < 4.78 is 22.5. The van der Waals surface area contributed by atoms with Crippen LogP contribution in [0, 0.1) is 0 Å². The van der Waals surface area contributed by atoms with E-state index in [0.29, 0.717) is 12.8 Å². The average molecular weight is 866 g/mol. The number of hydrogen-bond acceptors (Lipinski definition) is 13. The lowest BCUT2D eigenvalue weighted by atomic mass is 9.97. The van der Waals surface area contributed by atoms with Crippen molar-refractivity contribution >= 4 is 5.91 Å². The van der Waals surface area contributed by atoms with Gasteiger partial charge in [-0.05, 0) is 64.2 Å². The minimum absolute atomic E-state index is 0.252. The predicted molar refractivity (Wildman–Crippen MR) is 235 cm³/mol. The van der Waals surface area contributed by atoms with Gasteiger partial charge in [0.25, 0.3) is 0 Å². The van der Waals surface area contributed by atoms with E-state index in [4.69, 9.17) is 18.9 Å². The lowest BCUT2D eigenvalue weighted by molar-refractivity contribution is -0.359.